The van der Waals surface area contributed by atoms with Gasteiger partial charge in [0.05, 0.1) is 0 Å². The van der Waals surface area contributed by atoms with Gasteiger partial charge in [-0.25, -0.2) is 0 Å². The quantitative estimate of drug-likeness (QED) is 0.776. The third-order valence-electron chi connectivity index (χ3n) is 3.80. The number of aromatic nitrogens is 1. The molecule has 0 aliphatic heterocycles. The number of hydrogen-bond acceptors (Lipinski definition) is 2. The van der Waals surface area contributed by atoms with Crippen LogP contribution in [-0.2, 0) is 12.0 Å². The van der Waals surface area contributed by atoms with Crippen LogP contribution in [-0.4, -0.2) is 10.1 Å². The lowest BCUT2D eigenvalue weighted by atomic mass is 9.81. The van der Waals surface area contributed by atoms with Gasteiger partial charge in [0, 0.05) is 18.7 Å². The van der Waals surface area contributed by atoms with Crippen LogP contribution in [0.4, 0.5) is 0 Å². The zero-order chi connectivity index (χ0) is 15.4. The van der Waals surface area contributed by atoms with Gasteiger partial charge >= 0.3 is 0 Å². The fourth-order valence-electron chi connectivity index (χ4n) is 2.69. The van der Waals surface area contributed by atoms with Crippen LogP contribution >= 0.6 is 0 Å². The Morgan fingerprint density at radius 3 is 1.91 bits per heavy atom. The Morgan fingerprint density at radius 1 is 0.864 bits per heavy atom. The van der Waals surface area contributed by atoms with E-state index in [0.717, 1.165) is 16.7 Å². The molecule has 0 amide bonds. The van der Waals surface area contributed by atoms with Crippen LogP contribution < -0.4 is 5.56 Å². The highest BCUT2D eigenvalue weighted by atomic mass is 16.3. The van der Waals surface area contributed by atoms with E-state index < -0.39 is 5.60 Å². The van der Waals surface area contributed by atoms with Crippen molar-refractivity contribution in [2.24, 2.45) is 0 Å². The number of aliphatic hydroxyl groups is 1. The number of rotatable bonds is 4. The van der Waals surface area contributed by atoms with E-state index in [9.17, 15) is 9.90 Å². The van der Waals surface area contributed by atoms with Crippen LogP contribution in [0.5, 0.6) is 0 Å². The van der Waals surface area contributed by atoms with Crippen molar-refractivity contribution < 1.29 is 5.11 Å². The normalized spacial score (nSPS) is 11.3. The van der Waals surface area contributed by atoms with E-state index in [0.29, 0.717) is 6.42 Å². The highest BCUT2D eigenvalue weighted by Crippen LogP contribution is 2.32. The summed E-state index contributed by atoms with van der Waals surface area (Å²) in [7, 11) is 0. The molecule has 0 saturated heterocycles. The highest BCUT2D eigenvalue weighted by Gasteiger charge is 2.31. The molecule has 0 saturated carbocycles. The van der Waals surface area contributed by atoms with E-state index in [1.807, 2.05) is 66.7 Å². The minimum atomic E-state index is -1.17. The molecule has 3 nitrogen and oxygen atoms in total. The second-order valence-corrected chi connectivity index (χ2v) is 5.33. The van der Waals surface area contributed by atoms with Gasteiger partial charge in [-0.3, -0.25) is 4.79 Å². The third kappa shape index (κ3) is 2.85. The SMILES string of the molecule is O=c1cc(CC(O)(c2ccccc2)c2ccccc2)cc[nH]1. The first kappa shape index (κ1) is 14.3. The zero-order valence-corrected chi connectivity index (χ0v) is 12.1. The second kappa shape index (κ2) is 6.00. The molecule has 2 aromatic carbocycles. The number of benzene rings is 2. The number of nitrogens with one attached hydrogen (secondary N) is 1. The van der Waals surface area contributed by atoms with Crippen molar-refractivity contribution >= 4 is 0 Å². The summed E-state index contributed by atoms with van der Waals surface area (Å²) in [6, 6.07) is 22.4. The molecule has 1 aromatic heterocycles. The molecule has 2 N–H and O–H groups in total. The number of hydrogen-bond donors (Lipinski definition) is 2. The fourth-order valence-corrected chi connectivity index (χ4v) is 2.69. The van der Waals surface area contributed by atoms with Gasteiger partial charge in [-0.2, -0.15) is 0 Å². The van der Waals surface area contributed by atoms with Crippen LogP contribution in [0.15, 0.2) is 83.8 Å². The smallest absolute Gasteiger partial charge is 0.248 e. The summed E-state index contributed by atoms with van der Waals surface area (Å²) in [6.07, 6.45) is 1.94. The van der Waals surface area contributed by atoms with Crippen molar-refractivity contribution in [1.82, 2.24) is 4.98 Å². The van der Waals surface area contributed by atoms with E-state index >= 15 is 0 Å². The standard InChI is InChI=1S/C19H17NO2/c21-18-13-15(11-12-20-18)14-19(22,16-7-3-1-4-8-16)17-9-5-2-6-10-17/h1-13,22H,14H2,(H,20,21). The lowest BCUT2D eigenvalue weighted by Crippen LogP contribution is -2.30. The molecular formula is C19H17NO2. The Hall–Kier alpha value is -2.65. The lowest BCUT2D eigenvalue weighted by molar-refractivity contribution is 0.0811. The summed E-state index contributed by atoms with van der Waals surface area (Å²) in [4.78, 5) is 14.1. The largest absolute Gasteiger partial charge is 0.380 e. The van der Waals surface area contributed by atoms with Crippen molar-refractivity contribution in [3.05, 3.63) is 106 Å². The van der Waals surface area contributed by atoms with Gasteiger partial charge in [-0.05, 0) is 22.8 Å². The summed E-state index contributed by atoms with van der Waals surface area (Å²) in [5.41, 5.74) is 1.07. The Balaban J connectivity index is 2.09. The molecule has 0 bridgehead atoms. The molecule has 1 heterocycles. The predicted molar refractivity (Wildman–Crippen MR) is 86.6 cm³/mol. The number of H-pyrrole nitrogens is 1. The lowest BCUT2D eigenvalue weighted by Gasteiger charge is -2.29. The van der Waals surface area contributed by atoms with E-state index in [1.54, 1.807) is 6.20 Å². The average Bonchev–Trinajstić information content (AvgIpc) is 2.56. The number of pyridine rings is 1. The van der Waals surface area contributed by atoms with Crippen LogP contribution in [0.25, 0.3) is 0 Å². The summed E-state index contributed by atoms with van der Waals surface area (Å²) >= 11 is 0. The summed E-state index contributed by atoms with van der Waals surface area (Å²) in [5.74, 6) is 0. The van der Waals surface area contributed by atoms with Gasteiger partial charge in [0.15, 0.2) is 0 Å². The van der Waals surface area contributed by atoms with Crippen molar-refractivity contribution in [2.45, 2.75) is 12.0 Å². The minimum Gasteiger partial charge on any atom is -0.380 e. The van der Waals surface area contributed by atoms with Crippen LogP contribution in [0, 0.1) is 0 Å². The average molecular weight is 291 g/mol. The molecule has 0 radical (unpaired) electrons. The summed E-state index contributed by atoms with van der Waals surface area (Å²) in [6.45, 7) is 0. The first-order chi connectivity index (χ1) is 10.7. The molecule has 0 unspecified atom stereocenters. The second-order valence-electron chi connectivity index (χ2n) is 5.33. The van der Waals surface area contributed by atoms with E-state index in [4.69, 9.17) is 0 Å². The zero-order valence-electron chi connectivity index (χ0n) is 12.1. The minimum absolute atomic E-state index is 0.166. The maximum absolute atomic E-state index is 11.5. The molecular weight excluding hydrogens is 274 g/mol. The molecule has 110 valence electrons. The van der Waals surface area contributed by atoms with E-state index in [-0.39, 0.29) is 5.56 Å². The molecule has 3 rings (SSSR count). The first-order valence-corrected chi connectivity index (χ1v) is 7.19. The van der Waals surface area contributed by atoms with E-state index in [1.165, 1.54) is 6.07 Å². The Labute approximate surface area is 128 Å². The first-order valence-electron chi connectivity index (χ1n) is 7.19. The highest BCUT2D eigenvalue weighted by molar-refractivity contribution is 5.38. The number of aromatic amines is 1. The van der Waals surface area contributed by atoms with Gasteiger partial charge in [0.2, 0.25) is 5.56 Å². The van der Waals surface area contributed by atoms with Crippen molar-refractivity contribution in [3.8, 4) is 0 Å². The monoisotopic (exact) mass is 291 g/mol. The van der Waals surface area contributed by atoms with Gasteiger partial charge in [-0.1, -0.05) is 60.7 Å². The van der Waals surface area contributed by atoms with Gasteiger partial charge in [0.25, 0.3) is 0 Å². The van der Waals surface area contributed by atoms with Crippen LogP contribution in [0.1, 0.15) is 16.7 Å². The molecule has 0 atom stereocenters. The Morgan fingerprint density at radius 2 is 1.41 bits per heavy atom. The Kier molecular flexibility index (Phi) is 3.90. The van der Waals surface area contributed by atoms with Gasteiger partial charge in [0.1, 0.15) is 5.60 Å². The molecule has 22 heavy (non-hydrogen) atoms. The topological polar surface area (TPSA) is 53.1 Å². The summed E-state index contributed by atoms with van der Waals surface area (Å²) < 4.78 is 0. The van der Waals surface area contributed by atoms with Crippen LogP contribution in [0.3, 0.4) is 0 Å². The van der Waals surface area contributed by atoms with Crippen molar-refractivity contribution in [3.63, 3.8) is 0 Å². The van der Waals surface area contributed by atoms with Gasteiger partial charge < -0.3 is 10.1 Å². The fraction of sp³-hybridized carbons (Fsp3) is 0.105. The van der Waals surface area contributed by atoms with E-state index in [2.05, 4.69) is 4.98 Å². The van der Waals surface area contributed by atoms with Crippen molar-refractivity contribution in [1.29, 1.82) is 0 Å². The molecule has 0 aliphatic rings. The molecule has 0 spiro atoms. The molecule has 0 aliphatic carbocycles. The maximum atomic E-state index is 11.5. The molecule has 3 aromatic rings. The molecule has 3 heteroatoms. The molecule has 0 fully saturated rings. The Bertz CT molecular complexity index is 755. The maximum Gasteiger partial charge on any atom is 0.248 e. The van der Waals surface area contributed by atoms with Crippen LogP contribution in [0.2, 0.25) is 0 Å². The van der Waals surface area contributed by atoms with Crippen molar-refractivity contribution in [2.75, 3.05) is 0 Å². The van der Waals surface area contributed by atoms with Gasteiger partial charge in [-0.15, -0.1) is 0 Å². The predicted octanol–water partition coefficient (Wildman–Crippen LogP) is 2.85. The summed E-state index contributed by atoms with van der Waals surface area (Å²) in [5, 5.41) is 11.4. The third-order valence-corrected chi connectivity index (χ3v) is 3.80.